The van der Waals surface area contributed by atoms with Crippen LogP contribution in [0.25, 0.3) is 0 Å². The van der Waals surface area contributed by atoms with Crippen molar-refractivity contribution in [1.82, 2.24) is 15.1 Å². The molecule has 0 unspecified atom stereocenters. The molecule has 1 saturated heterocycles. The number of hydrogen-bond donors (Lipinski definition) is 1. The standard InChI is InChI=1S/C12H21N3O2.ClH/c1-3-12(17)15-9-7-14(8-10-15)6-4-5-11(16)13-2;/h3H,1,4-10H2,2H3,(H,13,16);1H. The second-order valence-electron chi connectivity index (χ2n) is 4.15. The van der Waals surface area contributed by atoms with Crippen LogP contribution in [-0.2, 0) is 9.59 Å². The fraction of sp³-hybridized carbons (Fsp3) is 0.667. The van der Waals surface area contributed by atoms with Crippen LogP contribution in [0.3, 0.4) is 0 Å². The zero-order valence-electron chi connectivity index (χ0n) is 10.9. The van der Waals surface area contributed by atoms with Crippen molar-refractivity contribution in [3.8, 4) is 0 Å². The molecule has 1 N–H and O–H groups in total. The molecule has 1 rings (SSSR count). The van der Waals surface area contributed by atoms with E-state index in [1.165, 1.54) is 6.08 Å². The Bertz CT molecular complexity index is 289. The minimum Gasteiger partial charge on any atom is -0.359 e. The fourth-order valence-corrected chi connectivity index (χ4v) is 1.91. The fourth-order valence-electron chi connectivity index (χ4n) is 1.91. The number of hydrogen-bond acceptors (Lipinski definition) is 3. The number of nitrogens with one attached hydrogen (secondary N) is 1. The van der Waals surface area contributed by atoms with E-state index >= 15 is 0 Å². The van der Waals surface area contributed by atoms with Crippen LogP contribution in [0.1, 0.15) is 12.8 Å². The van der Waals surface area contributed by atoms with Crippen molar-refractivity contribution in [1.29, 1.82) is 0 Å². The van der Waals surface area contributed by atoms with Crippen molar-refractivity contribution >= 4 is 24.2 Å². The lowest BCUT2D eigenvalue weighted by atomic mass is 10.2. The van der Waals surface area contributed by atoms with Gasteiger partial charge in [0, 0.05) is 39.6 Å². The van der Waals surface area contributed by atoms with Gasteiger partial charge < -0.3 is 10.2 Å². The molecular weight excluding hydrogens is 254 g/mol. The first kappa shape index (κ1) is 16.9. The number of halogens is 1. The van der Waals surface area contributed by atoms with Crippen molar-refractivity contribution in [3.63, 3.8) is 0 Å². The highest BCUT2D eigenvalue weighted by Gasteiger charge is 2.18. The minimum atomic E-state index is 0. The summed E-state index contributed by atoms with van der Waals surface area (Å²) in [6.07, 6.45) is 2.80. The molecule has 2 amide bonds. The van der Waals surface area contributed by atoms with E-state index in [0.717, 1.165) is 39.1 Å². The van der Waals surface area contributed by atoms with Crippen molar-refractivity contribution in [2.24, 2.45) is 0 Å². The minimum absolute atomic E-state index is 0. The molecule has 1 heterocycles. The van der Waals surface area contributed by atoms with E-state index in [0.29, 0.717) is 6.42 Å². The lowest BCUT2D eigenvalue weighted by Gasteiger charge is -2.34. The Morgan fingerprint density at radius 1 is 1.28 bits per heavy atom. The number of carbonyl (C=O) groups is 2. The second kappa shape index (κ2) is 8.94. The van der Waals surface area contributed by atoms with Crippen molar-refractivity contribution in [2.45, 2.75) is 12.8 Å². The molecule has 5 nitrogen and oxygen atoms in total. The largest absolute Gasteiger partial charge is 0.359 e. The molecule has 6 heteroatoms. The van der Waals surface area contributed by atoms with Crippen LogP contribution >= 0.6 is 12.4 Å². The Balaban J connectivity index is 0.00000289. The molecule has 18 heavy (non-hydrogen) atoms. The molecule has 0 bridgehead atoms. The maximum Gasteiger partial charge on any atom is 0.246 e. The topological polar surface area (TPSA) is 52.7 Å². The summed E-state index contributed by atoms with van der Waals surface area (Å²) in [5.74, 6) is 0.0977. The lowest BCUT2D eigenvalue weighted by Crippen LogP contribution is -2.48. The molecule has 1 fully saturated rings. The van der Waals surface area contributed by atoms with Crippen molar-refractivity contribution in [2.75, 3.05) is 39.8 Å². The number of amides is 2. The van der Waals surface area contributed by atoms with Crippen LogP contribution < -0.4 is 5.32 Å². The Morgan fingerprint density at radius 3 is 2.39 bits per heavy atom. The lowest BCUT2D eigenvalue weighted by molar-refractivity contribution is -0.127. The third kappa shape index (κ3) is 5.51. The Labute approximate surface area is 115 Å². The van der Waals surface area contributed by atoms with Crippen LogP contribution in [0.5, 0.6) is 0 Å². The highest BCUT2D eigenvalue weighted by molar-refractivity contribution is 5.87. The molecule has 0 radical (unpaired) electrons. The molecule has 1 aliphatic rings. The molecule has 0 aromatic carbocycles. The molecule has 0 atom stereocenters. The van der Waals surface area contributed by atoms with Gasteiger partial charge in [-0.05, 0) is 19.0 Å². The Kier molecular flexibility index (Phi) is 8.41. The van der Waals surface area contributed by atoms with Crippen molar-refractivity contribution < 1.29 is 9.59 Å². The SMILES string of the molecule is C=CC(=O)N1CCN(CCCC(=O)NC)CC1.Cl. The van der Waals surface area contributed by atoms with Gasteiger partial charge in [0.15, 0.2) is 0 Å². The zero-order valence-corrected chi connectivity index (χ0v) is 11.7. The molecule has 0 aromatic heterocycles. The molecule has 0 aliphatic carbocycles. The van der Waals surface area contributed by atoms with Gasteiger partial charge in [0.2, 0.25) is 11.8 Å². The van der Waals surface area contributed by atoms with E-state index in [1.807, 2.05) is 4.90 Å². The number of carbonyl (C=O) groups excluding carboxylic acids is 2. The first-order valence-corrected chi connectivity index (χ1v) is 6.01. The average molecular weight is 276 g/mol. The summed E-state index contributed by atoms with van der Waals surface area (Å²) in [5, 5.41) is 2.61. The Hall–Kier alpha value is -1.07. The predicted molar refractivity (Wildman–Crippen MR) is 73.8 cm³/mol. The van der Waals surface area contributed by atoms with E-state index in [9.17, 15) is 9.59 Å². The monoisotopic (exact) mass is 275 g/mol. The quantitative estimate of drug-likeness (QED) is 0.733. The van der Waals surface area contributed by atoms with Crippen molar-refractivity contribution in [3.05, 3.63) is 12.7 Å². The van der Waals surface area contributed by atoms with E-state index in [2.05, 4.69) is 16.8 Å². The van der Waals surface area contributed by atoms with Crippen LogP contribution in [0.15, 0.2) is 12.7 Å². The van der Waals surface area contributed by atoms with Crippen LogP contribution in [0.2, 0.25) is 0 Å². The molecule has 104 valence electrons. The van der Waals surface area contributed by atoms with E-state index in [-0.39, 0.29) is 24.2 Å². The van der Waals surface area contributed by atoms with Gasteiger partial charge in [0.25, 0.3) is 0 Å². The summed E-state index contributed by atoms with van der Waals surface area (Å²) in [4.78, 5) is 26.5. The number of nitrogens with zero attached hydrogens (tertiary/aromatic N) is 2. The van der Waals surface area contributed by atoms with Crippen LogP contribution in [0, 0.1) is 0 Å². The molecule has 0 aromatic rings. The average Bonchev–Trinajstić information content (AvgIpc) is 2.38. The maximum atomic E-state index is 11.4. The summed E-state index contributed by atoms with van der Waals surface area (Å²) in [5.41, 5.74) is 0. The van der Waals surface area contributed by atoms with Gasteiger partial charge in [-0.25, -0.2) is 0 Å². The Morgan fingerprint density at radius 2 is 1.89 bits per heavy atom. The van der Waals surface area contributed by atoms with Gasteiger partial charge in [-0.1, -0.05) is 6.58 Å². The molecule has 1 aliphatic heterocycles. The summed E-state index contributed by atoms with van der Waals surface area (Å²) in [7, 11) is 1.65. The highest BCUT2D eigenvalue weighted by Crippen LogP contribution is 2.04. The maximum absolute atomic E-state index is 11.4. The predicted octanol–water partition coefficient (Wildman–Crippen LogP) is 0.265. The highest BCUT2D eigenvalue weighted by atomic mass is 35.5. The third-order valence-electron chi connectivity index (χ3n) is 3.02. The van der Waals surface area contributed by atoms with E-state index in [1.54, 1.807) is 7.05 Å². The molecule has 0 saturated carbocycles. The summed E-state index contributed by atoms with van der Waals surface area (Å²) in [6, 6.07) is 0. The van der Waals surface area contributed by atoms with Gasteiger partial charge in [-0.2, -0.15) is 0 Å². The van der Waals surface area contributed by atoms with E-state index < -0.39 is 0 Å². The first-order chi connectivity index (χ1) is 8.17. The van der Waals surface area contributed by atoms with Gasteiger partial charge in [-0.15, -0.1) is 12.4 Å². The van der Waals surface area contributed by atoms with E-state index in [4.69, 9.17) is 0 Å². The normalized spacial score (nSPS) is 15.7. The smallest absolute Gasteiger partial charge is 0.246 e. The second-order valence-corrected chi connectivity index (χ2v) is 4.15. The summed E-state index contributed by atoms with van der Waals surface area (Å²) < 4.78 is 0. The van der Waals surface area contributed by atoms with Crippen LogP contribution in [0.4, 0.5) is 0 Å². The van der Waals surface area contributed by atoms with Gasteiger partial charge in [-0.3, -0.25) is 14.5 Å². The molecule has 0 spiro atoms. The van der Waals surface area contributed by atoms with Crippen LogP contribution in [-0.4, -0.2) is 61.4 Å². The third-order valence-corrected chi connectivity index (χ3v) is 3.02. The number of piperazine rings is 1. The molecular formula is C12H22ClN3O2. The summed E-state index contributed by atoms with van der Waals surface area (Å²) in [6.45, 7) is 7.68. The van der Waals surface area contributed by atoms with Gasteiger partial charge in [0.1, 0.15) is 0 Å². The van der Waals surface area contributed by atoms with Gasteiger partial charge in [0.05, 0.1) is 0 Å². The van der Waals surface area contributed by atoms with Gasteiger partial charge >= 0.3 is 0 Å². The summed E-state index contributed by atoms with van der Waals surface area (Å²) >= 11 is 0. The number of rotatable bonds is 5. The zero-order chi connectivity index (χ0) is 12.7. The first-order valence-electron chi connectivity index (χ1n) is 6.01.